The van der Waals surface area contributed by atoms with Crippen molar-refractivity contribution < 1.29 is 13.5 Å². The van der Waals surface area contributed by atoms with Gasteiger partial charge in [-0.05, 0) is 12.1 Å². The summed E-state index contributed by atoms with van der Waals surface area (Å²) in [5.74, 6) is -0.899. The van der Waals surface area contributed by atoms with E-state index >= 15 is 0 Å². The summed E-state index contributed by atoms with van der Waals surface area (Å²) in [7, 11) is 1.41. The number of rotatable bonds is 3. The number of benzene rings is 2. The molecule has 2 rings (SSSR count). The van der Waals surface area contributed by atoms with Crippen LogP contribution < -0.4 is 15.8 Å². The van der Waals surface area contributed by atoms with Crippen molar-refractivity contribution in [1.29, 1.82) is 0 Å². The van der Waals surface area contributed by atoms with E-state index in [0.717, 1.165) is 18.2 Å². The Morgan fingerprint density at radius 1 is 1.10 bits per heavy atom. The molecule has 0 saturated carbocycles. The fourth-order valence-corrected chi connectivity index (χ4v) is 2.19. The predicted molar refractivity (Wildman–Crippen MR) is 77.1 cm³/mol. The van der Waals surface area contributed by atoms with Crippen LogP contribution in [0.3, 0.4) is 0 Å². The topological polar surface area (TPSA) is 47.3 Å². The largest absolute Gasteiger partial charge is 0.495 e. The van der Waals surface area contributed by atoms with E-state index in [9.17, 15) is 8.78 Å². The van der Waals surface area contributed by atoms with Crippen LogP contribution in [-0.4, -0.2) is 7.11 Å². The maximum absolute atomic E-state index is 13.8. The number of anilines is 3. The maximum Gasteiger partial charge on any atom is 0.148 e. The first-order valence-corrected chi connectivity index (χ1v) is 6.22. The molecule has 2 aromatic carbocycles. The first-order chi connectivity index (χ1) is 9.42. The molecule has 0 saturated heterocycles. The lowest BCUT2D eigenvalue weighted by Gasteiger charge is -2.13. The Morgan fingerprint density at radius 3 is 2.25 bits per heavy atom. The summed E-state index contributed by atoms with van der Waals surface area (Å²) >= 11 is 11.8. The summed E-state index contributed by atoms with van der Waals surface area (Å²) in [6.45, 7) is 0. The van der Waals surface area contributed by atoms with Crippen molar-refractivity contribution >= 4 is 40.3 Å². The highest BCUT2D eigenvalue weighted by molar-refractivity contribution is 6.39. The Labute approximate surface area is 124 Å². The first-order valence-electron chi connectivity index (χ1n) is 5.47. The molecule has 2 aromatic rings. The predicted octanol–water partition coefficient (Wildman–Crippen LogP) is 4.61. The van der Waals surface area contributed by atoms with Crippen LogP contribution in [0.2, 0.25) is 10.0 Å². The fraction of sp³-hybridized carbons (Fsp3) is 0.0769. The van der Waals surface area contributed by atoms with Crippen molar-refractivity contribution in [3.63, 3.8) is 0 Å². The van der Waals surface area contributed by atoms with Crippen molar-refractivity contribution in [2.75, 3.05) is 18.2 Å². The van der Waals surface area contributed by atoms with Crippen molar-refractivity contribution in [3.8, 4) is 5.75 Å². The molecule has 0 fully saturated rings. The minimum absolute atomic E-state index is 0.0326. The monoisotopic (exact) mass is 318 g/mol. The number of ether oxygens (including phenoxy) is 1. The third kappa shape index (κ3) is 2.89. The van der Waals surface area contributed by atoms with Crippen molar-refractivity contribution in [3.05, 3.63) is 45.9 Å². The molecule has 0 atom stereocenters. The van der Waals surface area contributed by atoms with Gasteiger partial charge in [0.1, 0.15) is 17.4 Å². The summed E-state index contributed by atoms with van der Waals surface area (Å²) in [5.41, 5.74) is 5.99. The van der Waals surface area contributed by atoms with E-state index in [1.807, 2.05) is 0 Å². The highest BCUT2D eigenvalue weighted by Gasteiger charge is 2.13. The molecular weight excluding hydrogens is 309 g/mol. The maximum atomic E-state index is 13.8. The van der Waals surface area contributed by atoms with Gasteiger partial charge in [0.05, 0.1) is 34.2 Å². The summed E-state index contributed by atoms with van der Waals surface area (Å²) in [5, 5.41) is 2.76. The smallest absolute Gasteiger partial charge is 0.148 e. The van der Waals surface area contributed by atoms with E-state index in [0.29, 0.717) is 5.75 Å². The standard InChI is InChI=1S/C13H10Cl2F2N2O/c1-20-12-5-11(9(17)4-10(12)18)19-13-7(14)2-6(16)3-8(13)15/h2-5,19H,18H2,1H3. The van der Waals surface area contributed by atoms with E-state index < -0.39 is 11.6 Å². The van der Waals surface area contributed by atoms with Gasteiger partial charge in [-0.25, -0.2) is 8.78 Å². The number of nitrogens with two attached hydrogens (primary N) is 1. The van der Waals surface area contributed by atoms with Gasteiger partial charge in [0.2, 0.25) is 0 Å². The molecule has 0 aliphatic heterocycles. The van der Waals surface area contributed by atoms with Gasteiger partial charge in [-0.3, -0.25) is 0 Å². The van der Waals surface area contributed by atoms with Crippen LogP contribution in [0.4, 0.5) is 25.8 Å². The number of hydrogen-bond donors (Lipinski definition) is 2. The second kappa shape index (κ2) is 5.73. The zero-order valence-corrected chi connectivity index (χ0v) is 11.8. The van der Waals surface area contributed by atoms with Crippen molar-refractivity contribution in [2.45, 2.75) is 0 Å². The summed E-state index contributed by atoms with van der Waals surface area (Å²) in [6, 6.07) is 4.61. The number of halogens is 4. The molecule has 0 aliphatic rings. The van der Waals surface area contributed by atoms with Crippen molar-refractivity contribution in [1.82, 2.24) is 0 Å². The minimum atomic E-state index is -0.611. The highest BCUT2D eigenvalue weighted by Crippen LogP contribution is 2.36. The van der Waals surface area contributed by atoms with Gasteiger partial charge in [-0.15, -0.1) is 0 Å². The van der Waals surface area contributed by atoms with Gasteiger partial charge in [0.25, 0.3) is 0 Å². The van der Waals surface area contributed by atoms with Crippen LogP contribution in [0.1, 0.15) is 0 Å². The van der Waals surface area contributed by atoms with Gasteiger partial charge < -0.3 is 15.8 Å². The van der Waals surface area contributed by atoms with Crippen LogP contribution in [0.15, 0.2) is 24.3 Å². The van der Waals surface area contributed by atoms with Crippen LogP contribution in [-0.2, 0) is 0 Å². The quantitative estimate of drug-likeness (QED) is 0.813. The third-order valence-corrected chi connectivity index (χ3v) is 3.18. The zero-order valence-electron chi connectivity index (χ0n) is 10.3. The molecule has 0 aliphatic carbocycles. The second-order valence-corrected chi connectivity index (χ2v) is 4.76. The van der Waals surface area contributed by atoms with Crippen LogP contribution in [0.25, 0.3) is 0 Å². The Hall–Kier alpha value is -1.72. The molecule has 7 heteroatoms. The van der Waals surface area contributed by atoms with E-state index in [4.69, 9.17) is 33.7 Å². The Balaban J connectivity index is 2.45. The van der Waals surface area contributed by atoms with Crippen LogP contribution in [0.5, 0.6) is 5.75 Å². The molecule has 0 radical (unpaired) electrons. The number of methoxy groups -OCH3 is 1. The van der Waals surface area contributed by atoms with Gasteiger partial charge in [0.15, 0.2) is 0 Å². The van der Waals surface area contributed by atoms with Gasteiger partial charge >= 0.3 is 0 Å². The molecule has 0 bridgehead atoms. The van der Waals surface area contributed by atoms with Crippen molar-refractivity contribution in [2.24, 2.45) is 0 Å². The molecule has 0 aromatic heterocycles. The molecule has 3 nitrogen and oxygen atoms in total. The number of nitrogens with one attached hydrogen (secondary N) is 1. The third-order valence-electron chi connectivity index (χ3n) is 2.59. The Kier molecular flexibility index (Phi) is 4.20. The average Bonchev–Trinajstić information content (AvgIpc) is 2.35. The first kappa shape index (κ1) is 14.7. The lowest BCUT2D eigenvalue weighted by Crippen LogP contribution is -2.00. The van der Waals surface area contributed by atoms with Crippen LogP contribution in [0, 0.1) is 11.6 Å². The molecule has 0 amide bonds. The van der Waals surface area contributed by atoms with E-state index in [2.05, 4.69) is 5.32 Å². The number of hydrogen-bond acceptors (Lipinski definition) is 3. The second-order valence-electron chi connectivity index (χ2n) is 3.94. The van der Waals surface area contributed by atoms with Gasteiger partial charge in [-0.1, -0.05) is 23.2 Å². The molecule has 3 N–H and O–H groups in total. The summed E-state index contributed by atoms with van der Waals surface area (Å²) < 4.78 is 31.9. The number of nitrogen functional groups attached to an aromatic ring is 1. The lowest BCUT2D eigenvalue weighted by atomic mass is 10.2. The molecular formula is C13H10Cl2F2N2O. The molecule has 20 heavy (non-hydrogen) atoms. The lowest BCUT2D eigenvalue weighted by molar-refractivity contribution is 0.416. The van der Waals surface area contributed by atoms with E-state index in [1.54, 1.807) is 0 Å². The van der Waals surface area contributed by atoms with E-state index in [1.165, 1.54) is 13.2 Å². The summed E-state index contributed by atoms with van der Waals surface area (Å²) in [6.07, 6.45) is 0. The normalized spacial score (nSPS) is 10.4. The fourth-order valence-electron chi connectivity index (χ4n) is 1.64. The molecule has 0 spiro atoms. The zero-order chi connectivity index (χ0) is 14.9. The minimum Gasteiger partial charge on any atom is -0.495 e. The molecule has 106 valence electrons. The Morgan fingerprint density at radius 2 is 1.70 bits per heavy atom. The molecule has 0 heterocycles. The highest BCUT2D eigenvalue weighted by atomic mass is 35.5. The SMILES string of the molecule is COc1cc(Nc2c(Cl)cc(F)cc2Cl)c(F)cc1N. The average molecular weight is 319 g/mol. The summed E-state index contributed by atoms with van der Waals surface area (Å²) in [4.78, 5) is 0. The van der Waals surface area contributed by atoms with Gasteiger partial charge in [0, 0.05) is 12.1 Å². The van der Waals surface area contributed by atoms with Crippen LogP contribution >= 0.6 is 23.2 Å². The molecule has 0 unspecified atom stereocenters. The van der Waals surface area contributed by atoms with Gasteiger partial charge in [-0.2, -0.15) is 0 Å². The van der Waals surface area contributed by atoms with E-state index in [-0.39, 0.29) is 27.1 Å². The Bertz CT molecular complexity index is 642.